The van der Waals surface area contributed by atoms with Crippen molar-refractivity contribution >= 4 is 11.5 Å². The maximum absolute atomic E-state index is 7.98. The molecule has 0 aliphatic rings. The molecule has 0 unspecified atom stereocenters. The van der Waals surface area contributed by atoms with Gasteiger partial charge >= 0.3 is 0 Å². The molecule has 0 aliphatic heterocycles. The molecule has 2 heteroatoms. The topological polar surface area (TPSA) is 35.9 Å². The Bertz CT molecular complexity index is 530. The number of amidine groups is 1. The van der Waals surface area contributed by atoms with Crippen LogP contribution in [0.1, 0.15) is 16.7 Å². The summed E-state index contributed by atoms with van der Waals surface area (Å²) in [7, 11) is 0. The van der Waals surface area contributed by atoms with Gasteiger partial charge in [-0.2, -0.15) is 0 Å². The predicted octanol–water partition coefficient (Wildman–Crippen LogP) is 3.74. The number of nitrogens with one attached hydrogen (secondary N) is 2. The average molecular weight is 224 g/mol. The molecule has 2 rings (SSSR count). The minimum Gasteiger partial charge on any atom is -0.340 e. The monoisotopic (exact) mass is 224 g/mol. The van der Waals surface area contributed by atoms with Crippen LogP contribution in [0.3, 0.4) is 0 Å². The first-order chi connectivity index (χ1) is 8.16. The molecule has 0 amide bonds. The Morgan fingerprint density at radius 2 is 1.65 bits per heavy atom. The maximum atomic E-state index is 7.98. The lowest BCUT2D eigenvalue weighted by Crippen LogP contribution is -2.11. The van der Waals surface area contributed by atoms with Crippen LogP contribution >= 0.6 is 0 Å². The lowest BCUT2D eigenvalue weighted by Gasteiger charge is -2.09. The first-order valence-electron chi connectivity index (χ1n) is 5.65. The van der Waals surface area contributed by atoms with Crippen molar-refractivity contribution in [1.82, 2.24) is 0 Å². The molecule has 86 valence electrons. The Kier molecular flexibility index (Phi) is 3.24. The van der Waals surface area contributed by atoms with Gasteiger partial charge in [0.1, 0.15) is 5.84 Å². The van der Waals surface area contributed by atoms with E-state index in [1.165, 1.54) is 11.1 Å². The summed E-state index contributed by atoms with van der Waals surface area (Å²) in [4.78, 5) is 0. The molecular formula is C15H16N2. The highest BCUT2D eigenvalue weighted by atomic mass is 14.9. The van der Waals surface area contributed by atoms with E-state index in [1.54, 1.807) is 0 Å². The summed E-state index contributed by atoms with van der Waals surface area (Å²) in [5.74, 6) is 0.425. The first kappa shape index (κ1) is 11.4. The second kappa shape index (κ2) is 4.83. The van der Waals surface area contributed by atoms with Gasteiger partial charge in [-0.1, -0.05) is 36.4 Å². The Morgan fingerprint density at radius 3 is 2.29 bits per heavy atom. The molecule has 17 heavy (non-hydrogen) atoms. The molecular weight excluding hydrogens is 208 g/mol. The molecule has 0 saturated carbocycles. The molecule has 0 aromatic heterocycles. The Balaban J connectivity index is 2.16. The second-order valence-corrected chi connectivity index (χ2v) is 4.17. The van der Waals surface area contributed by atoms with Crippen molar-refractivity contribution in [3.05, 3.63) is 65.2 Å². The van der Waals surface area contributed by atoms with Gasteiger partial charge in [0.05, 0.1) is 0 Å². The zero-order valence-electron chi connectivity index (χ0n) is 10.1. The zero-order chi connectivity index (χ0) is 12.3. The van der Waals surface area contributed by atoms with Crippen LogP contribution in [0.4, 0.5) is 5.69 Å². The van der Waals surface area contributed by atoms with Gasteiger partial charge in [-0.3, -0.25) is 5.41 Å². The summed E-state index contributed by atoms with van der Waals surface area (Å²) in [6.45, 7) is 4.16. The van der Waals surface area contributed by atoms with Crippen molar-refractivity contribution in [2.24, 2.45) is 0 Å². The largest absolute Gasteiger partial charge is 0.340 e. The first-order valence-corrected chi connectivity index (χ1v) is 5.65. The van der Waals surface area contributed by atoms with Gasteiger partial charge in [-0.15, -0.1) is 0 Å². The molecule has 0 radical (unpaired) electrons. The highest BCUT2D eigenvalue weighted by molar-refractivity contribution is 6.06. The van der Waals surface area contributed by atoms with Gasteiger partial charge < -0.3 is 5.32 Å². The SMILES string of the molecule is Cc1ccc(NC(=N)c2ccccc2)cc1C. The summed E-state index contributed by atoms with van der Waals surface area (Å²) >= 11 is 0. The van der Waals surface area contributed by atoms with Crippen LogP contribution in [0.15, 0.2) is 48.5 Å². The van der Waals surface area contributed by atoms with Crippen LogP contribution in [0, 0.1) is 19.3 Å². The van der Waals surface area contributed by atoms with E-state index in [4.69, 9.17) is 5.41 Å². The second-order valence-electron chi connectivity index (χ2n) is 4.17. The number of aryl methyl sites for hydroxylation is 2. The van der Waals surface area contributed by atoms with Crippen molar-refractivity contribution in [2.75, 3.05) is 5.32 Å². The smallest absolute Gasteiger partial charge is 0.129 e. The lowest BCUT2D eigenvalue weighted by molar-refractivity contribution is 1.33. The highest BCUT2D eigenvalue weighted by Crippen LogP contribution is 2.15. The van der Waals surface area contributed by atoms with Gasteiger partial charge in [-0.05, 0) is 37.1 Å². The summed E-state index contributed by atoms with van der Waals surface area (Å²) < 4.78 is 0. The number of hydrogen-bond donors (Lipinski definition) is 2. The molecule has 0 fully saturated rings. The van der Waals surface area contributed by atoms with E-state index >= 15 is 0 Å². The van der Waals surface area contributed by atoms with E-state index in [9.17, 15) is 0 Å². The van der Waals surface area contributed by atoms with E-state index in [0.717, 1.165) is 11.3 Å². The molecule has 2 N–H and O–H groups in total. The fourth-order valence-corrected chi connectivity index (χ4v) is 1.64. The Hall–Kier alpha value is -2.09. The highest BCUT2D eigenvalue weighted by Gasteiger charge is 2.01. The van der Waals surface area contributed by atoms with E-state index in [0.29, 0.717) is 5.84 Å². The molecule has 0 saturated heterocycles. The normalized spacial score (nSPS) is 10.0. The van der Waals surface area contributed by atoms with Gasteiger partial charge in [0.2, 0.25) is 0 Å². The average Bonchev–Trinajstić information content (AvgIpc) is 2.35. The van der Waals surface area contributed by atoms with Crippen molar-refractivity contribution in [3.63, 3.8) is 0 Å². The van der Waals surface area contributed by atoms with Crippen LogP contribution in [-0.4, -0.2) is 5.84 Å². The molecule has 2 aromatic rings. The predicted molar refractivity (Wildman–Crippen MR) is 72.8 cm³/mol. The van der Waals surface area contributed by atoms with Crippen LogP contribution < -0.4 is 5.32 Å². The zero-order valence-corrected chi connectivity index (χ0v) is 10.1. The number of anilines is 1. The Labute approximate surface area is 102 Å². The van der Waals surface area contributed by atoms with Crippen LogP contribution in [0.2, 0.25) is 0 Å². The van der Waals surface area contributed by atoms with Crippen LogP contribution in [-0.2, 0) is 0 Å². The number of rotatable bonds is 2. The lowest BCUT2D eigenvalue weighted by atomic mass is 10.1. The van der Waals surface area contributed by atoms with E-state index in [2.05, 4.69) is 31.3 Å². The quantitative estimate of drug-likeness (QED) is 0.591. The van der Waals surface area contributed by atoms with Gasteiger partial charge in [0, 0.05) is 11.3 Å². The van der Waals surface area contributed by atoms with Crippen molar-refractivity contribution in [2.45, 2.75) is 13.8 Å². The van der Waals surface area contributed by atoms with Crippen molar-refractivity contribution < 1.29 is 0 Å². The third-order valence-electron chi connectivity index (χ3n) is 2.84. The van der Waals surface area contributed by atoms with E-state index < -0.39 is 0 Å². The van der Waals surface area contributed by atoms with E-state index in [1.807, 2.05) is 36.4 Å². The van der Waals surface area contributed by atoms with Crippen molar-refractivity contribution in [1.29, 1.82) is 5.41 Å². The summed E-state index contributed by atoms with van der Waals surface area (Å²) in [5, 5.41) is 11.1. The van der Waals surface area contributed by atoms with Crippen molar-refractivity contribution in [3.8, 4) is 0 Å². The summed E-state index contributed by atoms with van der Waals surface area (Å²) in [6, 6.07) is 15.8. The minimum atomic E-state index is 0.425. The Morgan fingerprint density at radius 1 is 0.941 bits per heavy atom. The minimum absolute atomic E-state index is 0.425. The molecule has 0 bridgehead atoms. The fraction of sp³-hybridized carbons (Fsp3) is 0.133. The number of benzene rings is 2. The van der Waals surface area contributed by atoms with Gasteiger partial charge in [0.15, 0.2) is 0 Å². The third-order valence-corrected chi connectivity index (χ3v) is 2.84. The molecule has 0 aliphatic carbocycles. The fourth-order valence-electron chi connectivity index (χ4n) is 1.64. The maximum Gasteiger partial charge on any atom is 0.129 e. The van der Waals surface area contributed by atoms with Crippen LogP contribution in [0.5, 0.6) is 0 Å². The molecule has 0 heterocycles. The third kappa shape index (κ3) is 2.72. The molecule has 0 atom stereocenters. The summed E-state index contributed by atoms with van der Waals surface area (Å²) in [5.41, 5.74) is 4.35. The molecule has 2 nitrogen and oxygen atoms in total. The standard InChI is InChI=1S/C15H16N2/c1-11-8-9-14(10-12(11)2)17-15(16)13-6-4-3-5-7-13/h3-10H,1-2H3,(H2,16,17). The molecule has 0 spiro atoms. The molecule has 2 aromatic carbocycles. The van der Waals surface area contributed by atoms with Gasteiger partial charge in [-0.25, -0.2) is 0 Å². The van der Waals surface area contributed by atoms with Gasteiger partial charge in [0.25, 0.3) is 0 Å². The van der Waals surface area contributed by atoms with E-state index in [-0.39, 0.29) is 0 Å². The van der Waals surface area contributed by atoms with Crippen LogP contribution in [0.25, 0.3) is 0 Å². The summed E-state index contributed by atoms with van der Waals surface area (Å²) in [6.07, 6.45) is 0. The number of hydrogen-bond acceptors (Lipinski definition) is 1.